The number of carbonyl (C=O) groups is 4. The summed E-state index contributed by atoms with van der Waals surface area (Å²) >= 11 is 3.66. The van der Waals surface area contributed by atoms with Crippen LogP contribution in [-0.2, 0) is 20.4 Å². The minimum atomic E-state index is -0.413. The Morgan fingerprint density at radius 3 is 1.69 bits per heavy atom. The number of benzene rings is 2. The van der Waals surface area contributed by atoms with Gasteiger partial charge in [-0.05, 0) is 83.4 Å². The molecule has 6 heteroatoms. The fourth-order valence-corrected chi connectivity index (χ4v) is 12.7. The van der Waals surface area contributed by atoms with Crippen LogP contribution in [0, 0.1) is 0 Å². The van der Waals surface area contributed by atoms with Gasteiger partial charge in [-0.3, -0.25) is 19.2 Å². The van der Waals surface area contributed by atoms with E-state index in [1.54, 1.807) is 23.5 Å². The molecule has 2 spiro atoms. The van der Waals surface area contributed by atoms with Crippen molar-refractivity contribution in [3.63, 3.8) is 0 Å². The van der Waals surface area contributed by atoms with Crippen LogP contribution >= 0.6 is 22.7 Å². The number of hydrogen-bond acceptors (Lipinski definition) is 6. The van der Waals surface area contributed by atoms with Gasteiger partial charge in [-0.1, -0.05) is 87.1 Å². The van der Waals surface area contributed by atoms with Crippen LogP contribution in [0.1, 0.15) is 122 Å². The number of Topliss-reactive ketones (excluding diaryl/α,β-unsaturated/α-hetero) is 4. The van der Waals surface area contributed by atoms with E-state index in [-0.39, 0.29) is 16.6 Å². The topological polar surface area (TPSA) is 68.3 Å². The molecule has 48 heavy (non-hydrogen) atoms. The number of fused-ring (bicyclic) bond motifs is 10. The Morgan fingerprint density at radius 2 is 1.08 bits per heavy atom. The van der Waals surface area contributed by atoms with Crippen molar-refractivity contribution in [3.8, 4) is 9.75 Å². The number of rotatable bonds is 2. The number of hydrogen-bond donors (Lipinski definition) is 0. The lowest BCUT2D eigenvalue weighted by atomic mass is 9.61. The molecule has 0 bridgehead atoms. The second-order valence-electron chi connectivity index (χ2n) is 14.3. The van der Waals surface area contributed by atoms with Gasteiger partial charge < -0.3 is 0 Å². The number of carbonyl (C=O) groups excluding carboxylic acids is 4. The van der Waals surface area contributed by atoms with Crippen LogP contribution in [-0.4, -0.2) is 23.1 Å². The maximum absolute atomic E-state index is 13.4. The van der Waals surface area contributed by atoms with Crippen molar-refractivity contribution in [2.45, 2.75) is 75.0 Å². The minimum absolute atomic E-state index is 0.0692. The highest BCUT2D eigenvalue weighted by Crippen LogP contribution is 2.67. The zero-order chi connectivity index (χ0) is 32.4. The number of thiophene rings is 2. The summed E-state index contributed by atoms with van der Waals surface area (Å²) in [5.74, 6) is -1.61. The van der Waals surface area contributed by atoms with Gasteiger partial charge in [-0.2, -0.15) is 0 Å². The van der Waals surface area contributed by atoms with Crippen LogP contribution in [0.25, 0.3) is 33.1 Å². The quantitative estimate of drug-likeness (QED) is 0.158. The van der Waals surface area contributed by atoms with Gasteiger partial charge in [0, 0.05) is 52.6 Å². The molecule has 0 radical (unpaired) electrons. The smallest absolute Gasteiger partial charge is 0.234 e. The molecule has 4 nitrogen and oxygen atoms in total. The predicted octanol–water partition coefficient (Wildman–Crippen LogP) is 9.79. The van der Waals surface area contributed by atoms with Crippen molar-refractivity contribution in [1.29, 1.82) is 0 Å². The Bertz CT molecular complexity index is 2270. The van der Waals surface area contributed by atoms with Gasteiger partial charge >= 0.3 is 0 Å². The lowest BCUT2D eigenvalue weighted by molar-refractivity contribution is -0.110. The first-order valence-electron chi connectivity index (χ1n) is 17.3. The molecule has 0 N–H and O–H groups in total. The van der Waals surface area contributed by atoms with Crippen molar-refractivity contribution >= 4 is 69.1 Å². The fraction of sp³-hybridized carbons (Fsp3) is 0.286. The van der Waals surface area contributed by atoms with Gasteiger partial charge in [0.1, 0.15) is 0 Å². The van der Waals surface area contributed by atoms with Gasteiger partial charge in [-0.25, -0.2) is 0 Å². The maximum atomic E-state index is 13.4. The summed E-state index contributed by atoms with van der Waals surface area (Å²) in [6, 6.07) is 17.1. The number of ketones is 4. The molecule has 0 aliphatic heterocycles. The first-order chi connectivity index (χ1) is 23.4. The molecule has 2 heterocycles. The van der Waals surface area contributed by atoms with E-state index in [9.17, 15) is 19.2 Å². The average molecular weight is 665 g/mol. The molecule has 6 aliphatic carbocycles. The molecule has 2 aromatic heterocycles. The molecule has 4 aromatic rings. The second kappa shape index (κ2) is 10.1. The van der Waals surface area contributed by atoms with Gasteiger partial charge in [-0.15, -0.1) is 22.7 Å². The van der Waals surface area contributed by atoms with Crippen molar-refractivity contribution in [3.05, 3.63) is 115 Å². The van der Waals surface area contributed by atoms with Gasteiger partial charge in [0.25, 0.3) is 0 Å². The van der Waals surface area contributed by atoms with E-state index in [2.05, 4.69) is 18.2 Å². The second-order valence-corrected chi connectivity index (χ2v) is 16.5. The van der Waals surface area contributed by atoms with Crippen LogP contribution in [0.15, 0.2) is 66.2 Å². The third-order valence-electron chi connectivity index (χ3n) is 12.0. The molecule has 0 atom stereocenters. The Hall–Kier alpha value is -4.26. The zero-order valence-corrected chi connectivity index (χ0v) is 28.1. The Labute approximate surface area is 286 Å². The molecule has 6 aliphatic rings. The third kappa shape index (κ3) is 3.65. The van der Waals surface area contributed by atoms with Crippen molar-refractivity contribution in [1.82, 2.24) is 0 Å². The molecule has 0 unspecified atom stereocenters. The van der Waals surface area contributed by atoms with Gasteiger partial charge in [0.05, 0.1) is 0 Å². The van der Waals surface area contributed by atoms with E-state index in [0.717, 1.165) is 54.5 Å². The van der Waals surface area contributed by atoms with Crippen molar-refractivity contribution in [2.75, 3.05) is 0 Å². The Kier molecular flexibility index (Phi) is 6.06. The summed E-state index contributed by atoms with van der Waals surface area (Å²) in [5.41, 5.74) is 8.97. The summed E-state index contributed by atoms with van der Waals surface area (Å²) in [6.07, 6.45) is 17.8. The molecule has 0 amide bonds. The van der Waals surface area contributed by atoms with E-state index in [1.807, 2.05) is 53.8 Å². The molecule has 2 aromatic carbocycles. The lowest BCUT2D eigenvalue weighted by Gasteiger charge is -2.42. The first-order valence-corrected chi connectivity index (χ1v) is 18.9. The van der Waals surface area contributed by atoms with Crippen LogP contribution < -0.4 is 0 Å². The summed E-state index contributed by atoms with van der Waals surface area (Å²) in [4.78, 5) is 57.2. The molecular weight excluding hydrogens is 633 g/mol. The summed E-state index contributed by atoms with van der Waals surface area (Å²) in [5, 5.41) is 0. The highest BCUT2D eigenvalue weighted by Gasteiger charge is 2.54. The monoisotopic (exact) mass is 664 g/mol. The highest BCUT2D eigenvalue weighted by atomic mass is 32.1. The lowest BCUT2D eigenvalue weighted by Crippen LogP contribution is -2.35. The van der Waals surface area contributed by atoms with Crippen LogP contribution in [0.3, 0.4) is 0 Å². The van der Waals surface area contributed by atoms with Crippen molar-refractivity contribution in [2.24, 2.45) is 0 Å². The minimum Gasteiger partial charge on any atom is -0.285 e. The van der Waals surface area contributed by atoms with E-state index < -0.39 is 17.3 Å². The molecule has 10 rings (SSSR count). The highest BCUT2D eigenvalue weighted by molar-refractivity contribution is 7.23. The fourth-order valence-electron chi connectivity index (χ4n) is 9.90. The van der Waals surface area contributed by atoms with E-state index in [0.29, 0.717) is 22.3 Å². The molecule has 2 fully saturated rings. The third-order valence-corrected chi connectivity index (χ3v) is 14.4. The molecule has 236 valence electrons. The Balaban J connectivity index is 1.14. The van der Waals surface area contributed by atoms with E-state index in [4.69, 9.17) is 0 Å². The summed E-state index contributed by atoms with van der Waals surface area (Å²) in [7, 11) is 0. The van der Waals surface area contributed by atoms with Crippen molar-refractivity contribution < 1.29 is 19.2 Å². The zero-order valence-electron chi connectivity index (χ0n) is 26.4. The SMILES string of the molecule is O=C1C(=O)c2ccccc2/C1=C/C1=Cc2sc3c(c2C12CCCCC2)C1(CCCCC1)c1cc(/C=C2\C(=O)C(=O)c4ccccc42)sc1-3. The van der Waals surface area contributed by atoms with E-state index in [1.165, 1.54) is 62.6 Å². The Morgan fingerprint density at radius 1 is 0.542 bits per heavy atom. The average Bonchev–Trinajstić information content (AvgIpc) is 3.92. The molecule has 2 saturated carbocycles. The summed E-state index contributed by atoms with van der Waals surface area (Å²) in [6.45, 7) is 0. The number of allylic oxidation sites excluding steroid dienone is 4. The maximum Gasteiger partial charge on any atom is 0.234 e. The largest absolute Gasteiger partial charge is 0.285 e. The molecular formula is C42H32O4S2. The molecule has 0 saturated heterocycles. The first kappa shape index (κ1) is 28.7. The normalized spacial score (nSPS) is 22.9. The standard InChI is InChI=1S/C42H32O4S2/c43-35-27-13-5-3-11-25(27)29(37(35)45)19-23-20-32-33(41(23)15-7-1-8-16-41)34-40(48-32)39-31(42(34)17-9-2-10-18-42)22-24(47-39)21-30-26-12-4-6-14-28(26)36(44)38(30)46/h3-6,11-14,19-22H,1-2,7-10,15-18H2/b29-19-,30-21-. The van der Waals surface area contributed by atoms with Crippen LogP contribution in [0.5, 0.6) is 0 Å². The van der Waals surface area contributed by atoms with E-state index >= 15 is 0 Å². The van der Waals surface area contributed by atoms with Gasteiger partial charge in [0.15, 0.2) is 0 Å². The van der Waals surface area contributed by atoms with Crippen LogP contribution in [0.2, 0.25) is 0 Å². The van der Waals surface area contributed by atoms with Crippen LogP contribution in [0.4, 0.5) is 0 Å². The van der Waals surface area contributed by atoms with Gasteiger partial charge in [0.2, 0.25) is 23.1 Å². The summed E-state index contributed by atoms with van der Waals surface area (Å²) < 4.78 is 0. The predicted molar refractivity (Wildman–Crippen MR) is 192 cm³/mol.